The lowest BCUT2D eigenvalue weighted by Crippen LogP contribution is -2.27. The van der Waals surface area contributed by atoms with Gasteiger partial charge in [0.25, 0.3) is 5.56 Å². The van der Waals surface area contributed by atoms with Crippen LogP contribution in [-0.4, -0.2) is 22.7 Å². The Morgan fingerprint density at radius 1 is 1.21 bits per heavy atom. The maximum absolute atomic E-state index is 12.9. The number of benzene rings is 2. The van der Waals surface area contributed by atoms with Crippen molar-refractivity contribution in [3.8, 4) is 29.0 Å². The van der Waals surface area contributed by atoms with Gasteiger partial charge in [0, 0.05) is 18.4 Å². The predicted molar refractivity (Wildman–Crippen MR) is 142 cm³/mol. The Bertz CT molecular complexity index is 1620. The number of aromatic nitrogens is 2. The summed E-state index contributed by atoms with van der Waals surface area (Å²) >= 11 is 9.88. The largest absolute Gasteiger partial charge is 0.493 e. The highest BCUT2D eigenvalue weighted by Gasteiger charge is 2.38. The second kappa shape index (κ2) is 10.4. The van der Waals surface area contributed by atoms with Crippen molar-refractivity contribution in [2.75, 3.05) is 7.11 Å². The molecule has 192 valence electrons. The molecule has 0 amide bonds. The summed E-state index contributed by atoms with van der Waals surface area (Å²) in [5.74, 6) is 0.151. The number of nitrogens with two attached hydrogens (primary N) is 1. The summed E-state index contributed by atoms with van der Waals surface area (Å²) in [4.78, 5) is 25.8. The number of allylic oxidation sites excluding steroid dienone is 3. The number of hydrogen-bond donors (Lipinski definition) is 1. The summed E-state index contributed by atoms with van der Waals surface area (Å²) in [5.41, 5.74) is 7.19. The molecule has 5 rings (SSSR count). The van der Waals surface area contributed by atoms with Crippen molar-refractivity contribution < 1.29 is 19.0 Å². The van der Waals surface area contributed by atoms with Crippen LogP contribution in [0, 0.1) is 11.3 Å². The summed E-state index contributed by atoms with van der Waals surface area (Å²) in [6.45, 7) is 0. The van der Waals surface area contributed by atoms with Crippen LogP contribution in [-0.2, 0) is 9.53 Å². The molecule has 0 saturated heterocycles. The van der Waals surface area contributed by atoms with Gasteiger partial charge >= 0.3 is 0 Å². The molecule has 2 aromatic carbocycles. The molecule has 0 spiro atoms. The van der Waals surface area contributed by atoms with Crippen LogP contribution >= 0.6 is 27.5 Å². The molecule has 11 heteroatoms. The van der Waals surface area contributed by atoms with E-state index in [9.17, 15) is 14.9 Å². The molecule has 0 radical (unpaired) electrons. The highest BCUT2D eigenvalue weighted by Crippen LogP contribution is 2.48. The van der Waals surface area contributed by atoms with E-state index in [2.05, 4.69) is 27.1 Å². The molecule has 1 aliphatic carbocycles. The normalized spacial score (nSPS) is 17.0. The highest BCUT2D eigenvalue weighted by atomic mass is 79.9. The third kappa shape index (κ3) is 4.44. The van der Waals surface area contributed by atoms with E-state index < -0.39 is 11.5 Å². The molecule has 38 heavy (non-hydrogen) atoms. The Kier molecular flexibility index (Phi) is 6.97. The SMILES string of the molecule is COc1cc([C@@H]2C(C#N)=C(N)OC3=C2C(=O)CCC3)cc(Br)c1Oc1cnn(-c2ccccc2)c(=O)c1Cl. The first-order valence-corrected chi connectivity index (χ1v) is 12.7. The Morgan fingerprint density at radius 2 is 1.97 bits per heavy atom. The number of para-hydroxylation sites is 1. The lowest BCUT2D eigenvalue weighted by Gasteiger charge is -2.31. The first kappa shape index (κ1) is 25.6. The van der Waals surface area contributed by atoms with Crippen LogP contribution in [0.1, 0.15) is 30.7 Å². The Morgan fingerprint density at radius 3 is 2.68 bits per heavy atom. The van der Waals surface area contributed by atoms with Crippen molar-refractivity contribution in [3.05, 3.63) is 96.9 Å². The van der Waals surface area contributed by atoms with Crippen molar-refractivity contribution in [3.63, 3.8) is 0 Å². The lowest BCUT2D eigenvalue weighted by atomic mass is 9.77. The van der Waals surface area contributed by atoms with E-state index in [1.807, 2.05) is 6.07 Å². The molecule has 9 nitrogen and oxygen atoms in total. The number of methoxy groups -OCH3 is 1. The number of hydrogen-bond acceptors (Lipinski definition) is 8. The maximum Gasteiger partial charge on any atom is 0.294 e. The fraction of sp³-hybridized carbons (Fsp3) is 0.185. The third-order valence-corrected chi connectivity index (χ3v) is 7.23. The van der Waals surface area contributed by atoms with Crippen molar-refractivity contribution in [2.45, 2.75) is 25.2 Å². The number of carbonyl (C=O) groups excluding carboxylic acids is 1. The average Bonchev–Trinajstić information content (AvgIpc) is 2.92. The number of halogens is 2. The van der Waals surface area contributed by atoms with Crippen molar-refractivity contribution in [1.82, 2.24) is 9.78 Å². The molecule has 1 aliphatic heterocycles. The number of ether oxygens (including phenoxy) is 3. The van der Waals surface area contributed by atoms with E-state index in [1.165, 1.54) is 18.0 Å². The van der Waals surface area contributed by atoms with Crippen molar-refractivity contribution >= 4 is 33.3 Å². The number of nitriles is 1. The number of ketones is 1. The molecule has 1 atom stereocenters. The van der Waals surface area contributed by atoms with Gasteiger partial charge in [-0.3, -0.25) is 9.59 Å². The zero-order chi connectivity index (χ0) is 27.0. The van der Waals surface area contributed by atoms with E-state index >= 15 is 0 Å². The highest BCUT2D eigenvalue weighted by molar-refractivity contribution is 9.10. The quantitative estimate of drug-likeness (QED) is 0.423. The molecule has 0 unspecified atom stereocenters. The van der Waals surface area contributed by atoms with Gasteiger partial charge in [0.15, 0.2) is 28.1 Å². The van der Waals surface area contributed by atoms with E-state index in [0.717, 1.165) is 0 Å². The van der Waals surface area contributed by atoms with Crippen LogP contribution in [0.2, 0.25) is 5.02 Å². The second-order valence-corrected chi connectivity index (χ2v) is 9.78. The van der Waals surface area contributed by atoms with Gasteiger partial charge in [-0.05, 0) is 52.2 Å². The zero-order valence-corrected chi connectivity index (χ0v) is 22.4. The van der Waals surface area contributed by atoms with Gasteiger partial charge in [0.05, 0.1) is 29.4 Å². The Labute approximate surface area is 230 Å². The van der Waals surface area contributed by atoms with Gasteiger partial charge in [0.1, 0.15) is 17.4 Å². The van der Waals surface area contributed by atoms with Crippen LogP contribution in [0.4, 0.5) is 0 Å². The van der Waals surface area contributed by atoms with Crippen LogP contribution in [0.3, 0.4) is 0 Å². The summed E-state index contributed by atoms with van der Waals surface area (Å²) in [6, 6.07) is 14.3. The van der Waals surface area contributed by atoms with Gasteiger partial charge in [-0.25, -0.2) is 0 Å². The fourth-order valence-electron chi connectivity index (χ4n) is 4.55. The van der Waals surface area contributed by atoms with Crippen LogP contribution in [0.5, 0.6) is 17.2 Å². The first-order valence-electron chi connectivity index (χ1n) is 11.6. The minimum absolute atomic E-state index is 0.0240. The maximum atomic E-state index is 12.9. The van der Waals surface area contributed by atoms with E-state index in [-0.39, 0.29) is 39.5 Å². The van der Waals surface area contributed by atoms with Gasteiger partial charge in [-0.2, -0.15) is 15.0 Å². The molecule has 0 saturated carbocycles. The second-order valence-electron chi connectivity index (χ2n) is 8.55. The topological polar surface area (TPSA) is 129 Å². The van der Waals surface area contributed by atoms with E-state index in [4.69, 9.17) is 31.5 Å². The van der Waals surface area contributed by atoms with Crippen LogP contribution in [0.25, 0.3) is 5.69 Å². The minimum Gasteiger partial charge on any atom is -0.493 e. The number of Topliss-reactive ketones (excluding diaryl/α,β-unsaturated/α-hetero) is 1. The lowest BCUT2D eigenvalue weighted by molar-refractivity contribution is -0.116. The summed E-state index contributed by atoms with van der Waals surface area (Å²) in [7, 11) is 1.45. The Balaban J connectivity index is 1.56. The molecule has 1 aromatic heterocycles. The van der Waals surface area contributed by atoms with Gasteiger partial charge < -0.3 is 19.9 Å². The molecule has 2 N–H and O–H groups in total. The molecule has 0 fully saturated rings. The van der Waals surface area contributed by atoms with E-state index in [1.54, 1.807) is 36.4 Å². The smallest absolute Gasteiger partial charge is 0.294 e. The zero-order valence-electron chi connectivity index (χ0n) is 20.0. The number of rotatable bonds is 5. The number of carbonyl (C=O) groups is 1. The monoisotopic (exact) mass is 594 g/mol. The standard InChI is InChI=1S/C27H20BrClN4O5/c1-36-20-11-14(22-16(12-30)26(31)38-19-9-5-8-18(34)23(19)22)10-17(28)25(20)37-21-13-32-33(27(35)24(21)29)15-6-3-2-4-7-15/h2-4,6-7,10-11,13,22H,5,8-9,31H2,1H3/t22-/m1/s1. The van der Waals surface area contributed by atoms with Crippen molar-refractivity contribution in [2.24, 2.45) is 5.73 Å². The third-order valence-electron chi connectivity index (χ3n) is 6.29. The number of nitrogens with zero attached hydrogens (tertiary/aromatic N) is 3. The average molecular weight is 596 g/mol. The van der Waals surface area contributed by atoms with Crippen molar-refractivity contribution in [1.29, 1.82) is 5.26 Å². The summed E-state index contributed by atoms with van der Waals surface area (Å²) in [6.07, 6.45) is 2.90. The van der Waals surface area contributed by atoms with Crippen LogP contribution in [0.15, 0.2) is 80.7 Å². The van der Waals surface area contributed by atoms with Crippen LogP contribution < -0.4 is 20.8 Å². The first-order chi connectivity index (χ1) is 18.3. The van der Waals surface area contributed by atoms with Gasteiger partial charge in [-0.15, -0.1) is 0 Å². The minimum atomic E-state index is -0.726. The Hall–Kier alpha value is -4.07. The molecule has 2 aliphatic rings. The molecule has 0 bridgehead atoms. The predicted octanol–water partition coefficient (Wildman–Crippen LogP) is 5.26. The molecule has 2 heterocycles. The summed E-state index contributed by atoms with van der Waals surface area (Å²) in [5, 5.41) is 13.9. The summed E-state index contributed by atoms with van der Waals surface area (Å²) < 4.78 is 18.8. The van der Waals surface area contributed by atoms with E-state index in [0.29, 0.717) is 46.3 Å². The molecule has 3 aromatic rings. The molecular weight excluding hydrogens is 576 g/mol. The van der Waals surface area contributed by atoms with Gasteiger partial charge in [0.2, 0.25) is 5.88 Å². The van der Waals surface area contributed by atoms with Gasteiger partial charge in [-0.1, -0.05) is 29.8 Å². The molecular formula is C27H20BrClN4O5. The fourth-order valence-corrected chi connectivity index (χ4v) is 5.26.